The highest BCUT2D eigenvalue weighted by molar-refractivity contribution is 7.89. The van der Waals surface area contributed by atoms with Gasteiger partial charge in [0.2, 0.25) is 10.0 Å². The van der Waals surface area contributed by atoms with Crippen LogP contribution in [0.3, 0.4) is 0 Å². The highest BCUT2D eigenvalue weighted by Crippen LogP contribution is 2.31. The molecular formula is C18H21ClN2O4S. The normalized spacial score (nSPS) is 12.0. The summed E-state index contributed by atoms with van der Waals surface area (Å²) in [4.78, 5) is 4.26. The summed E-state index contributed by atoms with van der Waals surface area (Å²) >= 11 is 6.11. The first-order valence-electron chi connectivity index (χ1n) is 8.04. The Hall–Kier alpha value is -2.09. The lowest BCUT2D eigenvalue weighted by molar-refractivity contribution is 0.373. The van der Waals surface area contributed by atoms with Crippen molar-refractivity contribution in [3.05, 3.63) is 47.0 Å². The van der Waals surface area contributed by atoms with E-state index in [1.54, 1.807) is 38.1 Å². The topological polar surface area (TPSA) is 79.2 Å². The van der Waals surface area contributed by atoms with Gasteiger partial charge < -0.3 is 9.84 Å². The predicted octanol–water partition coefficient (Wildman–Crippen LogP) is 3.84. The number of nitrogens with zero attached hydrogens (tertiary/aromatic N) is 2. The molecular weight excluding hydrogens is 376 g/mol. The summed E-state index contributed by atoms with van der Waals surface area (Å²) in [6.07, 6.45) is 1.44. The SMILES string of the molecule is CCN(CC)S(=O)(=O)c1cc(N=Cc2cccc(OC)c2O)ccc1Cl. The van der Waals surface area contributed by atoms with Crippen LogP contribution in [0.25, 0.3) is 0 Å². The van der Waals surface area contributed by atoms with E-state index in [2.05, 4.69) is 4.99 Å². The lowest BCUT2D eigenvalue weighted by Gasteiger charge is -2.19. The Balaban J connectivity index is 2.42. The van der Waals surface area contributed by atoms with E-state index in [0.717, 1.165) is 0 Å². The zero-order chi connectivity index (χ0) is 19.3. The summed E-state index contributed by atoms with van der Waals surface area (Å²) in [5.41, 5.74) is 0.856. The van der Waals surface area contributed by atoms with Gasteiger partial charge in [-0.05, 0) is 30.3 Å². The van der Waals surface area contributed by atoms with Crippen LogP contribution in [0, 0.1) is 0 Å². The first-order valence-corrected chi connectivity index (χ1v) is 9.86. The van der Waals surface area contributed by atoms with Gasteiger partial charge in [0, 0.05) is 24.9 Å². The zero-order valence-corrected chi connectivity index (χ0v) is 16.4. The van der Waals surface area contributed by atoms with Crippen LogP contribution in [0.2, 0.25) is 5.02 Å². The average Bonchev–Trinajstić information content (AvgIpc) is 2.62. The van der Waals surface area contributed by atoms with E-state index in [9.17, 15) is 13.5 Å². The van der Waals surface area contributed by atoms with Gasteiger partial charge in [0.25, 0.3) is 0 Å². The summed E-state index contributed by atoms with van der Waals surface area (Å²) in [5.74, 6) is 0.290. The summed E-state index contributed by atoms with van der Waals surface area (Å²) in [7, 11) is -2.24. The van der Waals surface area contributed by atoms with Gasteiger partial charge in [-0.3, -0.25) is 4.99 Å². The summed E-state index contributed by atoms with van der Waals surface area (Å²) in [6.45, 7) is 4.23. The molecule has 0 aromatic heterocycles. The number of aromatic hydroxyl groups is 1. The number of ether oxygens (including phenoxy) is 1. The Morgan fingerprint density at radius 2 is 1.92 bits per heavy atom. The fourth-order valence-corrected chi connectivity index (χ4v) is 4.38. The maximum Gasteiger partial charge on any atom is 0.244 e. The number of halogens is 1. The van der Waals surface area contributed by atoms with Crippen molar-refractivity contribution in [2.45, 2.75) is 18.7 Å². The van der Waals surface area contributed by atoms with E-state index in [1.807, 2.05) is 0 Å². The fourth-order valence-electron chi connectivity index (χ4n) is 2.42. The average molecular weight is 397 g/mol. The second-order valence-corrected chi connectivity index (χ2v) is 7.67. The minimum Gasteiger partial charge on any atom is -0.504 e. The molecule has 0 unspecified atom stereocenters. The summed E-state index contributed by atoms with van der Waals surface area (Å²) < 4.78 is 31.8. The maximum absolute atomic E-state index is 12.7. The third kappa shape index (κ3) is 4.17. The molecule has 0 atom stereocenters. The number of phenols is 1. The number of hydrogen-bond donors (Lipinski definition) is 1. The molecule has 2 aromatic carbocycles. The molecule has 0 saturated carbocycles. The number of aliphatic imine (C=N–C) groups is 1. The monoisotopic (exact) mass is 396 g/mol. The molecule has 2 aromatic rings. The van der Waals surface area contributed by atoms with E-state index in [0.29, 0.717) is 30.1 Å². The minimum absolute atomic E-state index is 0.00683. The van der Waals surface area contributed by atoms with E-state index < -0.39 is 10.0 Å². The molecule has 0 fully saturated rings. The standard InChI is InChI=1S/C18H21ClN2O4S/c1-4-21(5-2)26(23,24)17-11-14(9-10-15(17)19)20-12-13-7-6-8-16(25-3)18(13)22/h6-12,22H,4-5H2,1-3H3. The molecule has 0 amide bonds. The van der Waals surface area contributed by atoms with Crippen LogP contribution in [0.5, 0.6) is 11.5 Å². The number of phenolic OH excluding ortho intramolecular Hbond substituents is 1. The van der Waals surface area contributed by atoms with Crippen molar-refractivity contribution < 1.29 is 18.3 Å². The molecule has 0 heterocycles. The lowest BCUT2D eigenvalue weighted by Crippen LogP contribution is -2.30. The molecule has 0 aliphatic carbocycles. The molecule has 1 N–H and O–H groups in total. The summed E-state index contributed by atoms with van der Waals surface area (Å²) in [5, 5.41) is 10.2. The number of sulfonamides is 1. The fraction of sp³-hybridized carbons (Fsp3) is 0.278. The summed E-state index contributed by atoms with van der Waals surface area (Å²) in [6, 6.07) is 9.55. The molecule has 0 radical (unpaired) electrons. The van der Waals surface area contributed by atoms with Gasteiger partial charge in [-0.25, -0.2) is 8.42 Å². The van der Waals surface area contributed by atoms with Crippen LogP contribution in [-0.4, -0.2) is 44.2 Å². The highest BCUT2D eigenvalue weighted by atomic mass is 35.5. The molecule has 0 aliphatic heterocycles. The van der Waals surface area contributed by atoms with Crippen LogP contribution in [0.1, 0.15) is 19.4 Å². The van der Waals surface area contributed by atoms with Gasteiger partial charge >= 0.3 is 0 Å². The van der Waals surface area contributed by atoms with Gasteiger partial charge in [0.1, 0.15) is 4.90 Å². The molecule has 0 spiro atoms. The molecule has 0 aliphatic rings. The van der Waals surface area contributed by atoms with Crippen molar-refractivity contribution >= 4 is 33.5 Å². The van der Waals surface area contributed by atoms with Crippen LogP contribution in [0.15, 0.2) is 46.3 Å². The lowest BCUT2D eigenvalue weighted by atomic mass is 10.2. The number of hydrogen-bond acceptors (Lipinski definition) is 5. The molecule has 2 rings (SSSR count). The minimum atomic E-state index is -3.70. The maximum atomic E-state index is 12.7. The van der Waals surface area contributed by atoms with Crippen molar-refractivity contribution in [1.82, 2.24) is 4.31 Å². The van der Waals surface area contributed by atoms with Crippen LogP contribution in [-0.2, 0) is 10.0 Å². The van der Waals surface area contributed by atoms with Crippen LogP contribution >= 0.6 is 11.6 Å². The third-order valence-corrected chi connectivity index (χ3v) is 6.37. The molecule has 140 valence electrons. The Morgan fingerprint density at radius 3 is 2.54 bits per heavy atom. The van der Waals surface area contributed by atoms with Crippen LogP contribution in [0.4, 0.5) is 5.69 Å². The molecule has 8 heteroatoms. The second kappa shape index (κ2) is 8.53. The third-order valence-electron chi connectivity index (χ3n) is 3.84. The van der Waals surface area contributed by atoms with Crippen molar-refractivity contribution in [2.75, 3.05) is 20.2 Å². The van der Waals surface area contributed by atoms with Crippen molar-refractivity contribution in [3.8, 4) is 11.5 Å². The quantitative estimate of drug-likeness (QED) is 0.721. The molecule has 26 heavy (non-hydrogen) atoms. The molecule has 6 nitrogen and oxygen atoms in total. The largest absolute Gasteiger partial charge is 0.504 e. The Kier molecular flexibility index (Phi) is 6.63. The molecule has 0 bridgehead atoms. The van der Waals surface area contributed by atoms with E-state index in [-0.39, 0.29) is 15.7 Å². The number of para-hydroxylation sites is 1. The van der Waals surface area contributed by atoms with Gasteiger partial charge in [0.05, 0.1) is 17.8 Å². The van der Waals surface area contributed by atoms with Gasteiger partial charge in [-0.15, -0.1) is 0 Å². The van der Waals surface area contributed by atoms with E-state index in [4.69, 9.17) is 16.3 Å². The first kappa shape index (κ1) is 20.2. The Morgan fingerprint density at radius 1 is 1.23 bits per heavy atom. The predicted molar refractivity (Wildman–Crippen MR) is 103 cm³/mol. The van der Waals surface area contributed by atoms with E-state index >= 15 is 0 Å². The van der Waals surface area contributed by atoms with Gasteiger partial charge in [-0.2, -0.15) is 4.31 Å². The smallest absolute Gasteiger partial charge is 0.244 e. The molecule has 0 saturated heterocycles. The zero-order valence-electron chi connectivity index (χ0n) is 14.8. The van der Waals surface area contributed by atoms with Crippen molar-refractivity contribution in [2.24, 2.45) is 4.99 Å². The van der Waals surface area contributed by atoms with Gasteiger partial charge in [0.15, 0.2) is 11.5 Å². The van der Waals surface area contributed by atoms with Crippen molar-refractivity contribution in [3.63, 3.8) is 0 Å². The number of methoxy groups -OCH3 is 1. The number of rotatable bonds is 7. The van der Waals surface area contributed by atoms with Crippen LogP contribution < -0.4 is 4.74 Å². The second-order valence-electron chi connectivity index (χ2n) is 5.36. The van der Waals surface area contributed by atoms with Gasteiger partial charge in [-0.1, -0.05) is 31.5 Å². The first-order chi connectivity index (χ1) is 12.3. The van der Waals surface area contributed by atoms with Crippen molar-refractivity contribution in [1.29, 1.82) is 0 Å². The Labute approximate surface area is 158 Å². The highest BCUT2D eigenvalue weighted by Gasteiger charge is 2.24. The Bertz CT molecular complexity index is 909. The van der Waals surface area contributed by atoms with E-state index in [1.165, 1.54) is 29.8 Å². The number of benzene rings is 2.